The minimum absolute atomic E-state index is 0.101. The van der Waals surface area contributed by atoms with Crippen LogP contribution in [0.3, 0.4) is 0 Å². The molecule has 0 aliphatic heterocycles. The second-order valence-corrected chi connectivity index (χ2v) is 16.8. The molecule has 298 valence electrons. The lowest BCUT2D eigenvalue weighted by atomic mass is 9.86. The fraction of sp³-hybridized carbons (Fsp3) is 0. The van der Waals surface area contributed by atoms with Gasteiger partial charge in [0.25, 0.3) is 0 Å². The number of nitrogens with zero attached hydrogens (tertiary/aromatic N) is 2. The monoisotopic (exact) mass is 814 g/mol. The molecule has 0 spiro atoms. The molecule has 0 unspecified atom stereocenters. The number of rotatable bonds is 5. The van der Waals surface area contributed by atoms with Gasteiger partial charge in [0.2, 0.25) is 0 Å². The maximum absolute atomic E-state index is 14.3. The van der Waals surface area contributed by atoms with Crippen LogP contribution in [0.2, 0.25) is 0 Å². The molecule has 64 heavy (non-hydrogen) atoms. The number of imidazole rings is 1. The van der Waals surface area contributed by atoms with Crippen molar-refractivity contribution in [3.05, 3.63) is 241 Å². The first-order valence-corrected chi connectivity index (χ1v) is 21.9. The number of aromatic nitrogens is 2. The third-order valence-corrected chi connectivity index (χ3v) is 13.3. The van der Waals surface area contributed by atoms with Crippen LogP contribution in [0.4, 0.5) is 0 Å². The van der Waals surface area contributed by atoms with Crippen molar-refractivity contribution in [2.24, 2.45) is 0 Å². The van der Waals surface area contributed by atoms with Crippen LogP contribution >= 0.6 is 0 Å². The lowest BCUT2D eigenvalue weighted by molar-refractivity contribution is 0.931. The zero-order valence-corrected chi connectivity index (χ0v) is 34.7. The van der Waals surface area contributed by atoms with Gasteiger partial charge in [-0.15, -0.1) is 0 Å². The minimum Gasteiger partial charge on any atom is -0.260 e. The standard InChI is InChI=1S/C61H38N2O/c64-61-62(47-16-2-1-3-17-47)57-24-12-13-25-58(57)63(61)48-32-30-39(31-33-48)44-34-45(55-37-42-28-26-40-14-4-6-18-49(40)59(42)53-22-10-8-20-51(53)55)36-46(35-44)56-38-43-29-27-41-15-5-7-19-50(41)60(43)54-23-11-9-21-52(54)56/h1-38H. The lowest BCUT2D eigenvalue weighted by Gasteiger charge is -2.18. The molecule has 3 nitrogen and oxygen atoms in total. The van der Waals surface area contributed by atoms with Crippen LogP contribution < -0.4 is 5.69 Å². The third-order valence-electron chi connectivity index (χ3n) is 13.3. The van der Waals surface area contributed by atoms with Gasteiger partial charge in [0.15, 0.2) is 0 Å². The number of hydrogen-bond donors (Lipinski definition) is 0. The normalized spacial score (nSPS) is 11.8. The summed E-state index contributed by atoms with van der Waals surface area (Å²) in [7, 11) is 0. The highest BCUT2D eigenvalue weighted by Gasteiger charge is 2.19. The summed E-state index contributed by atoms with van der Waals surface area (Å²) in [5.74, 6) is 0. The highest BCUT2D eigenvalue weighted by Crippen LogP contribution is 2.44. The quantitative estimate of drug-likeness (QED) is 0.159. The van der Waals surface area contributed by atoms with Gasteiger partial charge in [-0.1, -0.05) is 164 Å². The molecular weight excluding hydrogens is 777 g/mol. The minimum atomic E-state index is -0.101. The van der Waals surface area contributed by atoms with E-state index in [1.54, 1.807) is 4.57 Å². The Morgan fingerprint density at radius 3 is 1.17 bits per heavy atom. The fourth-order valence-corrected chi connectivity index (χ4v) is 10.4. The van der Waals surface area contributed by atoms with E-state index >= 15 is 0 Å². The van der Waals surface area contributed by atoms with E-state index in [9.17, 15) is 4.79 Å². The molecule has 0 saturated heterocycles. The molecule has 0 fully saturated rings. The predicted molar refractivity (Wildman–Crippen MR) is 270 cm³/mol. The molecule has 13 aromatic rings. The first-order valence-electron chi connectivity index (χ1n) is 21.9. The molecule has 3 heteroatoms. The fourth-order valence-electron chi connectivity index (χ4n) is 10.4. The largest absolute Gasteiger partial charge is 0.338 e. The second-order valence-electron chi connectivity index (χ2n) is 16.8. The predicted octanol–water partition coefficient (Wildman–Crippen LogP) is 15.7. The van der Waals surface area contributed by atoms with Crippen molar-refractivity contribution in [1.29, 1.82) is 0 Å². The summed E-state index contributed by atoms with van der Waals surface area (Å²) in [6.07, 6.45) is 0. The van der Waals surface area contributed by atoms with Gasteiger partial charge < -0.3 is 0 Å². The second kappa shape index (κ2) is 14.3. The van der Waals surface area contributed by atoms with Gasteiger partial charge in [-0.2, -0.15) is 0 Å². The molecule has 0 aliphatic carbocycles. The molecule has 0 amide bonds. The number of fused-ring (bicyclic) bond motifs is 11. The molecule has 0 radical (unpaired) electrons. The van der Waals surface area contributed by atoms with Crippen LogP contribution in [-0.4, -0.2) is 9.13 Å². The Morgan fingerprint density at radius 1 is 0.266 bits per heavy atom. The summed E-state index contributed by atoms with van der Waals surface area (Å²) in [6.45, 7) is 0. The van der Waals surface area contributed by atoms with Gasteiger partial charge in [-0.05, 0) is 165 Å². The molecule has 12 aromatic carbocycles. The van der Waals surface area contributed by atoms with E-state index in [0.29, 0.717) is 0 Å². The Labute approximate surface area is 368 Å². The van der Waals surface area contributed by atoms with E-state index in [1.807, 2.05) is 59.2 Å². The van der Waals surface area contributed by atoms with E-state index in [4.69, 9.17) is 0 Å². The maximum Gasteiger partial charge on any atom is 0.338 e. The van der Waals surface area contributed by atoms with Crippen LogP contribution in [0.1, 0.15) is 0 Å². The van der Waals surface area contributed by atoms with Crippen molar-refractivity contribution in [2.75, 3.05) is 0 Å². The average molecular weight is 815 g/mol. The highest BCUT2D eigenvalue weighted by molar-refractivity contribution is 6.25. The van der Waals surface area contributed by atoms with Crippen molar-refractivity contribution in [1.82, 2.24) is 9.13 Å². The van der Waals surface area contributed by atoms with Crippen molar-refractivity contribution < 1.29 is 0 Å². The maximum atomic E-state index is 14.3. The van der Waals surface area contributed by atoms with Crippen molar-refractivity contribution in [3.8, 4) is 44.8 Å². The van der Waals surface area contributed by atoms with Gasteiger partial charge in [-0.25, -0.2) is 4.79 Å². The van der Waals surface area contributed by atoms with E-state index in [1.165, 1.54) is 75.8 Å². The Bertz CT molecular complexity index is 3910. The van der Waals surface area contributed by atoms with Crippen LogP contribution in [0.25, 0.3) is 120 Å². The zero-order valence-electron chi connectivity index (χ0n) is 34.7. The van der Waals surface area contributed by atoms with Crippen LogP contribution in [0.5, 0.6) is 0 Å². The SMILES string of the molecule is O=c1n(-c2ccccc2)c2ccccc2n1-c1ccc(-c2cc(-c3cc4ccc5ccccc5c4c4ccccc34)cc(-c3cc4ccc5ccccc5c4c4ccccc34)c2)cc1. The summed E-state index contributed by atoms with van der Waals surface area (Å²) >= 11 is 0. The van der Waals surface area contributed by atoms with E-state index in [0.717, 1.165) is 44.7 Å². The van der Waals surface area contributed by atoms with Gasteiger partial charge in [-0.3, -0.25) is 9.13 Å². The van der Waals surface area contributed by atoms with E-state index in [-0.39, 0.29) is 5.69 Å². The third kappa shape index (κ3) is 5.58. The van der Waals surface area contributed by atoms with Crippen molar-refractivity contribution in [3.63, 3.8) is 0 Å². The van der Waals surface area contributed by atoms with Gasteiger partial charge >= 0.3 is 5.69 Å². The topological polar surface area (TPSA) is 26.9 Å². The van der Waals surface area contributed by atoms with Crippen LogP contribution in [0, 0.1) is 0 Å². The zero-order chi connectivity index (χ0) is 42.3. The van der Waals surface area contributed by atoms with Gasteiger partial charge in [0, 0.05) is 0 Å². The Balaban J connectivity index is 1.05. The average Bonchev–Trinajstić information content (AvgIpc) is 3.66. The van der Waals surface area contributed by atoms with Gasteiger partial charge in [0.05, 0.1) is 22.4 Å². The first kappa shape index (κ1) is 36.2. The summed E-state index contributed by atoms with van der Waals surface area (Å²) in [5, 5.41) is 14.9. The molecule has 1 aromatic heterocycles. The molecule has 0 aliphatic rings. The summed E-state index contributed by atoms with van der Waals surface area (Å²) in [4.78, 5) is 14.3. The molecule has 13 rings (SSSR count). The molecule has 0 atom stereocenters. The van der Waals surface area contributed by atoms with Crippen molar-refractivity contribution in [2.45, 2.75) is 0 Å². The Morgan fingerprint density at radius 2 is 0.656 bits per heavy atom. The lowest BCUT2D eigenvalue weighted by Crippen LogP contribution is -2.21. The summed E-state index contributed by atoms with van der Waals surface area (Å²) in [6, 6.07) is 82.4. The molecule has 0 saturated carbocycles. The smallest absolute Gasteiger partial charge is 0.260 e. The van der Waals surface area contributed by atoms with Crippen LogP contribution in [0.15, 0.2) is 235 Å². The Kier molecular flexibility index (Phi) is 8.06. The number of para-hydroxylation sites is 3. The van der Waals surface area contributed by atoms with Gasteiger partial charge in [0.1, 0.15) is 0 Å². The summed E-state index contributed by atoms with van der Waals surface area (Å²) in [5.41, 5.74) is 10.1. The van der Waals surface area contributed by atoms with E-state index in [2.05, 4.69) is 176 Å². The highest BCUT2D eigenvalue weighted by atomic mass is 16.1. The number of hydrogen-bond acceptors (Lipinski definition) is 1. The Hall–Kier alpha value is -8.53. The molecule has 1 heterocycles. The summed E-state index contributed by atoms with van der Waals surface area (Å²) < 4.78 is 3.62. The molecular formula is C61H38N2O. The number of benzene rings is 12. The molecule has 0 N–H and O–H groups in total. The van der Waals surface area contributed by atoms with Crippen molar-refractivity contribution >= 4 is 75.7 Å². The molecule has 0 bridgehead atoms. The first-order chi connectivity index (χ1) is 31.7. The van der Waals surface area contributed by atoms with E-state index < -0.39 is 0 Å². The van der Waals surface area contributed by atoms with Crippen LogP contribution in [-0.2, 0) is 0 Å².